The van der Waals surface area contributed by atoms with E-state index < -0.39 is 11.6 Å². The van der Waals surface area contributed by atoms with Gasteiger partial charge in [0.05, 0.1) is 5.52 Å². The van der Waals surface area contributed by atoms with Crippen molar-refractivity contribution in [2.45, 2.75) is 6.92 Å². The van der Waals surface area contributed by atoms with Crippen molar-refractivity contribution >= 4 is 26.8 Å². The molecule has 1 aromatic heterocycles. The summed E-state index contributed by atoms with van der Waals surface area (Å²) in [7, 11) is 0. The Morgan fingerprint density at radius 1 is 1.29 bits per heavy atom. The van der Waals surface area contributed by atoms with Gasteiger partial charge >= 0.3 is 0 Å². The Kier molecular flexibility index (Phi) is 2.23. The number of benzene rings is 1. The molecule has 0 aliphatic heterocycles. The molecule has 4 heteroatoms. The topological polar surface area (TPSA) is 12.9 Å². The van der Waals surface area contributed by atoms with Crippen LogP contribution in [0.15, 0.2) is 22.8 Å². The zero-order chi connectivity index (χ0) is 10.3. The molecule has 0 bridgehead atoms. The maximum absolute atomic E-state index is 13.1. The van der Waals surface area contributed by atoms with Crippen molar-refractivity contribution in [3.63, 3.8) is 0 Å². The van der Waals surface area contributed by atoms with E-state index in [1.54, 1.807) is 12.3 Å². The quantitative estimate of drug-likeness (QED) is 0.703. The number of pyridine rings is 1. The summed E-state index contributed by atoms with van der Waals surface area (Å²) in [6.45, 7) is 1.52. The van der Waals surface area contributed by atoms with E-state index in [4.69, 9.17) is 0 Å². The van der Waals surface area contributed by atoms with E-state index in [1.165, 1.54) is 6.92 Å². The highest BCUT2D eigenvalue weighted by atomic mass is 79.9. The molecule has 2 rings (SSSR count). The average Bonchev–Trinajstić information content (AvgIpc) is 2.14. The second-order valence-electron chi connectivity index (χ2n) is 3.02. The number of rotatable bonds is 0. The third-order valence-corrected chi connectivity index (χ3v) is 2.49. The highest BCUT2D eigenvalue weighted by molar-refractivity contribution is 9.10. The van der Waals surface area contributed by atoms with E-state index >= 15 is 0 Å². The van der Waals surface area contributed by atoms with E-state index in [-0.39, 0.29) is 5.56 Å². The largest absolute Gasteiger partial charge is 0.255 e. The number of fused-ring (bicyclic) bond motifs is 1. The molecule has 2 aromatic rings. The molecular weight excluding hydrogens is 252 g/mol. The summed E-state index contributed by atoms with van der Waals surface area (Å²) >= 11 is 3.22. The first-order valence-corrected chi connectivity index (χ1v) is 4.79. The second kappa shape index (κ2) is 3.28. The molecule has 14 heavy (non-hydrogen) atoms. The average molecular weight is 258 g/mol. The lowest BCUT2D eigenvalue weighted by Gasteiger charge is -2.03. The van der Waals surface area contributed by atoms with Gasteiger partial charge in [0, 0.05) is 21.6 Å². The monoisotopic (exact) mass is 257 g/mol. The van der Waals surface area contributed by atoms with Crippen LogP contribution in [0.25, 0.3) is 10.9 Å². The van der Waals surface area contributed by atoms with Gasteiger partial charge in [0.25, 0.3) is 0 Å². The third-order valence-electron chi connectivity index (χ3n) is 2.06. The van der Waals surface area contributed by atoms with E-state index in [9.17, 15) is 8.78 Å². The van der Waals surface area contributed by atoms with Gasteiger partial charge in [-0.15, -0.1) is 0 Å². The van der Waals surface area contributed by atoms with Gasteiger partial charge in [0.1, 0.15) is 0 Å². The first kappa shape index (κ1) is 9.52. The zero-order valence-corrected chi connectivity index (χ0v) is 8.90. The van der Waals surface area contributed by atoms with Crippen LogP contribution in [0, 0.1) is 18.6 Å². The van der Waals surface area contributed by atoms with E-state index in [0.29, 0.717) is 10.9 Å². The fourth-order valence-electron chi connectivity index (χ4n) is 1.36. The maximum Gasteiger partial charge on any atom is 0.163 e. The van der Waals surface area contributed by atoms with Gasteiger partial charge < -0.3 is 0 Å². The Labute approximate surface area is 87.9 Å². The van der Waals surface area contributed by atoms with Crippen molar-refractivity contribution in [1.82, 2.24) is 4.98 Å². The van der Waals surface area contributed by atoms with Crippen molar-refractivity contribution < 1.29 is 8.78 Å². The minimum Gasteiger partial charge on any atom is -0.255 e. The number of aromatic nitrogens is 1. The highest BCUT2D eigenvalue weighted by Crippen LogP contribution is 2.24. The van der Waals surface area contributed by atoms with E-state index in [1.807, 2.05) is 0 Å². The predicted octanol–water partition coefficient (Wildman–Crippen LogP) is 3.58. The van der Waals surface area contributed by atoms with Crippen LogP contribution in [0.5, 0.6) is 0 Å². The van der Waals surface area contributed by atoms with Crippen LogP contribution in [-0.2, 0) is 0 Å². The van der Waals surface area contributed by atoms with Crippen molar-refractivity contribution in [1.29, 1.82) is 0 Å². The summed E-state index contributed by atoms with van der Waals surface area (Å²) in [4.78, 5) is 4.03. The molecule has 0 saturated heterocycles. The van der Waals surface area contributed by atoms with Crippen molar-refractivity contribution in [2.75, 3.05) is 0 Å². The lowest BCUT2D eigenvalue weighted by molar-refractivity contribution is 0.505. The van der Waals surface area contributed by atoms with Crippen LogP contribution in [0.2, 0.25) is 0 Å². The molecule has 0 N–H and O–H groups in total. The number of hydrogen-bond acceptors (Lipinski definition) is 1. The normalized spacial score (nSPS) is 10.9. The fourth-order valence-corrected chi connectivity index (χ4v) is 1.71. The zero-order valence-electron chi connectivity index (χ0n) is 7.31. The van der Waals surface area contributed by atoms with Crippen LogP contribution >= 0.6 is 15.9 Å². The van der Waals surface area contributed by atoms with Crippen LogP contribution < -0.4 is 0 Å². The van der Waals surface area contributed by atoms with Gasteiger partial charge in [-0.05, 0) is 35.0 Å². The van der Waals surface area contributed by atoms with Gasteiger partial charge in [0.15, 0.2) is 11.6 Å². The lowest BCUT2D eigenvalue weighted by atomic mass is 10.1. The standard InChI is InChI=1S/C10H6BrF2N/c1-5-9(13)8(12)3-6-2-7(11)4-14-10(5)6/h2-4H,1H3. The number of hydrogen-bond donors (Lipinski definition) is 0. The Morgan fingerprint density at radius 3 is 2.71 bits per heavy atom. The third kappa shape index (κ3) is 1.39. The Bertz CT molecular complexity index is 511. The molecule has 0 radical (unpaired) electrons. The molecule has 0 spiro atoms. The molecule has 0 unspecified atom stereocenters. The lowest BCUT2D eigenvalue weighted by Crippen LogP contribution is -1.92. The Morgan fingerprint density at radius 2 is 2.00 bits per heavy atom. The summed E-state index contributed by atoms with van der Waals surface area (Å²) in [5.41, 5.74) is 0.736. The van der Waals surface area contributed by atoms with Crippen molar-refractivity contribution in [3.05, 3.63) is 40.0 Å². The molecule has 0 saturated carbocycles. The minimum atomic E-state index is -0.838. The molecule has 0 atom stereocenters. The Balaban J connectivity index is 2.91. The van der Waals surface area contributed by atoms with Crippen LogP contribution in [0.4, 0.5) is 8.78 Å². The van der Waals surface area contributed by atoms with Gasteiger partial charge in [0.2, 0.25) is 0 Å². The fraction of sp³-hybridized carbons (Fsp3) is 0.100. The molecule has 1 heterocycles. The van der Waals surface area contributed by atoms with Gasteiger partial charge in [-0.25, -0.2) is 8.78 Å². The van der Waals surface area contributed by atoms with Crippen LogP contribution in [0.1, 0.15) is 5.56 Å². The summed E-state index contributed by atoms with van der Waals surface area (Å²) in [5, 5.41) is 0.593. The van der Waals surface area contributed by atoms with Gasteiger partial charge in [-0.3, -0.25) is 4.98 Å². The summed E-state index contributed by atoms with van der Waals surface area (Å²) in [6, 6.07) is 2.85. The maximum atomic E-state index is 13.1. The summed E-state index contributed by atoms with van der Waals surface area (Å²) in [5.74, 6) is -1.66. The first-order chi connectivity index (χ1) is 6.59. The number of halogens is 3. The minimum absolute atomic E-state index is 0.243. The second-order valence-corrected chi connectivity index (χ2v) is 3.94. The van der Waals surface area contributed by atoms with E-state index in [2.05, 4.69) is 20.9 Å². The molecular formula is C10H6BrF2N. The highest BCUT2D eigenvalue weighted by Gasteiger charge is 2.10. The predicted molar refractivity (Wildman–Crippen MR) is 54.1 cm³/mol. The molecule has 0 aliphatic carbocycles. The number of aryl methyl sites for hydroxylation is 1. The molecule has 72 valence electrons. The summed E-state index contributed by atoms with van der Waals surface area (Å²) in [6.07, 6.45) is 1.56. The number of nitrogens with zero attached hydrogens (tertiary/aromatic N) is 1. The smallest absolute Gasteiger partial charge is 0.163 e. The van der Waals surface area contributed by atoms with Gasteiger partial charge in [-0.2, -0.15) is 0 Å². The van der Waals surface area contributed by atoms with Crippen LogP contribution in [-0.4, -0.2) is 4.98 Å². The van der Waals surface area contributed by atoms with Crippen LogP contribution in [0.3, 0.4) is 0 Å². The molecule has 0 amide bonds. The SMILES string of the molecule is Cc1c(F)c(F)cc2cc(Br)cnc12. The molecule has 0 fully saturated rings. The van der Waals surface area contributed by atoms with E-state index in [0.717, 1.165) is 10.5 Å². The first-order valence-electron chi connectivity index (χ1n) is 3.99. The van der Waals surface area contributed by atoms with Crippen molar-refractivity contribution in [3.8, 4) is 0 Å². The van der Waals surface area contributed by atoms with Crippen molar-refractivity contribution in [2.24, 2.45) is 0 Å². The molecule has 1 nitrogen and oxygen atoms in total. The molecule has 1 aromatic carbocycles. The van der Waals surface area contributed by atoms with Gasteiger partial charge in [-0.1, -0.05) is 0 Å². The Hall–Kier alpha value is -1.03. The molecule has 0 aliphatic rings. The summed E-state index contributed by atoms with van der Waals surface area (Å²) < 4.78 is 26.9.